The third-order valence-electron chi connectivity index (χ3n) is 2.85. The molecule has 0 aliphatic rings. The van der Waals surface area contributed by atoms with Gasteiger partial charge in [0.15, 0.2) is 0 Å². The molecule has 0 aliphatic heterocycles. The molecule has 0 atom stereocenters. The van der Waals surface area contributed by atoms with Gasteiger partial charge < -0.3 is 0 Å². The molecule has 23 heavy (non-hydrogen) atoms. The van der Waals surface area contributed by atoms with E-state index in [9.17, 15) is 4.79 Å². The molecule has 0 radical (unpaired) electrons. The summed E-state index contributed by atoms with van der Waals surface area (Å²) in [6.07, 6.45) is 1.38. The van der Waals surface area contributed by atoms with Crippen molar-refractivity contribution in [3.8, 4) is 0 Å². The minimum Gasteiger partial charge on any atom is -0.288 e. The maximum Gasteiger partial charge on any atom is 0.274 e. The number of hydrazone groups is 1. The fraction of sp³-hybridized carbons (Fsp3) is 0.286. The summed E-state index contributed by atoms with van der Waals surface area (Å²) in [5, 5.41) is 12.8. The molecular weight excluding hydrogens is 361 g/mol. The van der Waals surface area contributed by atoms with Gasteiger partial charge >= 0.3 is 0 Å². The maximum atomic E-state index is 12.0. The highest BCUT2D eigenvalue weighted by Crippen LogP contribution is 2.30. The van der Waals surface area contributed by atoms with Gasteiger partial charge in [0, 0.05) is 11.0 Å². The van der Waals surface area contributed by atoms with Crippen LogP contribution in [0.15, 0.2) is 22.0 Å². The molecule has 6 nitrogen and oxygen atoms in total. The van der Waals surface area contributed by atoms with Crippen LogP contribution in [-0.2, 0) is 5.41 Å². The van der Waals surface area contributed by atoms with Crippen molar-refractivity contribution in [2.75, 3.05) is 5.43 Å². The van der Waals surface area contributed by atoms with Crippen LogP contribution in [0.5, 0.6) is 0 Å². The lowest BCUT2D eigenvalue weighted by Crippen LogP contribution is -2.28. The van der Waals surface area contributed by atoms with Crippen LogP contribution in [0.25, 0.3) is 0 Å². The molecular formula is C14H14Cl3N5O. The van der Waals surface area contributed by atoms with Gasteiger partial charge in [-0.25, -0.2) is 5.43 Å². The predicted molar refractivity (Wildman–Crippen MR) is 94.0 cm³/mol. The van der Waals surface area contributed by atoms with Crippen LogP contribution in [0.3, 0.4) is 0 Å². The molecule has 2 rings (SSSR count). The number of nitrogens with zero attached hydrogens (tertiary/aromatic N) is 3. The molecule has 0 amide bonds. The van der Waals surface area contributed by atoms with Crippen LogP contribution < -0.4 is 11.0 Å². The first-order valence-corrected chi connectivity index (χ1v) is 7.73. The molecule has 0 unspecified atom stereocenters. The minimum atomic E-state index is -0.399. The molecule has 0 fully saturated rings. The Hall–Kier alpha value is -1.63. The number of H-pyrrole nitrogens is 1. The number of hydrogen-bond acceptors (Lipinski definition) is 5. The number of aromatic nitrogens is 3. The number of aromatic amines is 1. The fourth-order valence-electron chi connectivity index (χ4n) is 1.70. The zero-order chi connectivity index (χ0) is 17.2. The number of halogens is 3. The van der Waals surface area contributed by atoms with Crippen molar-refractivity contribution >= 4 is 47.0 Å². The topological polar surface area (TPSA) is 83.0 Å². The molecule has 1 heterocycles. The highest BCUT2D eigenvalue weighted by atomic mass is 35.5. The van der Waals surface area contributed by atoms with Gasteiger partial charge in [-0.15, -0.1) is 10.2 Å². The molecule has 2 aromatic rings. The summed E-state index contributed by atoms with van der Waals surface area (Å²) < 4.78 is 0. The second-order valence-corrected chi connectivity index (χ2v) is 6.92. The lowest BCUT2D eigenvalue weighted by atomic mass is 9.93. The third-order valence-corrected chi connectivity index (χ3v) is 4.00. The monoisotopic (exact) mass is 373 g/mol. The zero-order valence-corrected chi connectivity index (χ0v) is 14.9. The number of anilines is 1. The summed E-state index contributed by atoms with van der Waals surface area (Å²) in [4.78, 5) is 14.5. The Labute approximate surface area is 147 Å². The average Bonchev–Trinajstić information content (AvgIpc) is 2.45. The van der Waals surface area contributed by atoms with Crippen molar-refractivity contribution < 1.29 is 0 Å². The summed E-state index contributed by atoms with van der Waals surface area (Å²) in [7, 11) is 0. The van der Waals surface area contributed by atoms with Crippen LogP contribution in [-0.4, -0.2) is 21.4 Å². The van der Waals surface area contributed by atoms with Gasteiger partial charge in [0.25, 0.3) is 5.56 Å². The van der Waals surface area contributed by atoms with E-state index in [-0.39, 0.29) is 16.5 Å². The summed E-state index contributed by atoms with van der Waals surface area (Å²) in [5.74, 6) is 0.105. The van der Waals surface area contributed by atoms with E-state index >= 15 is 0 Å². The average molecular weight is 375 g/mol. The largest absolute Gasteiger partial charge is 0.288 e. The Kier molecular flexibility index (Phi) is 5.29. The van der Waals surface area contributed by atoms with Crippen molar-refractivity contribution in [2.24, 2.45) is 5.10 Å². The molecule has 0 spiro atoms. The van der Waals surface area contributed by atoms with Gasteiger partial charge in [0.05, 0.1) is 21.3 Å². The first kappa shape index (κ1) is 17.7. The molecule has 1 aromatic heterocycles. The second-order valence-electron chi connectivity index (χ2n) is 5.73. The SMILES string of the molecule is CC(C)(C)c1nnc(N/N=C/c2c(Cl)ccc(Cl)c2Cl)[nH]c1=O. The number of nitrogens with one attached hydrogen (secondary N) is 2. The van der Waals surface area contributed by atoms with E-state index in [0.717, 1.165) is 0 Å². The number of benzene rings is 1. The van der Waals surface area contributed by atoms with E-state index in [4.69, 9.17) is 34.8 Å². The van der Waals surface area contributed by atoms with Crippen LogP contribution in [0.1, 0.15) is 32.0 Å². The smallest absolute Gasteiger partial charge is 0.274 e. The van der Waals surface area contributed by atoms with Crippen LogP contribution in [0.2, 0.25) is 15.1 Å². The Bertz CT molecular complexity index is 811. The van der Waals surface area contributed by atoms with Crippen LogP contribution in [0, 0.1) is 0 Å². The van der Waals surface area contributed by atoms with E-state index in [1.54, 1.807) is 12.1 Å². The molecule has 0 aliphatic carbocycles. The molecule has 1 aromatic carbocycles. The lowest BCUT2D eigenvalue weighted by molar-refractivity contribution is 0.547. The highest BCUT2D eigenvalue weighted by Gasteiger charge is 2.20. The highest BCUT2D eigenvalue weighted by molar-refractivity contribution is 6.45. The van der Waals surface area contributed by atoms with Gasteiger partial charge in [0.2, 0.25) is 5.95 Å². The Morgan fingerprint density at radius 2 is 1.83 bits per heavy atom. The minimum absolute atomic E-state index is 0.105. The first-order valence-electron chi connectivity index (χ1n) is 6.60. The molecule has 2 N–H and O–H groups in total. The molecule has 0 bridgehead atoms. The van der Waals surface area contributed by atoms with E-state index in [1.807, 2.05) is 20.8 Å². The number of hydrogen-bond donors (Lipinski definition) is 2. The van der Waals surface area contributed by atoms with Crippen LogP contribution in [0.4, 0.5) is 5.95 Å². The van der Waals surface area contributed by atoms with Crippen molar-refractivity contribution in [1.82, 2.24) is 15.2 Å². The Morgan fingerprint density at radius 3 is 2.43 bits per heavy atom. The van der Waals surface area contributed by atoms with Crippen molar-refractivity contribution in [2.45, 2.75) is 26.2 Å². The fourth-order valence-corrected chi connectivity index (χ4v) is 2.33. The molecule has 0 saturated carbocycles. The van der Waals surface area contributed by atoms with Crippen molar-refractivity contribution in [1.29, 1.82) is 0 Å². The summed E-state index contributed by atoms with van der Waals surface area (Å²) in [6, 6.07) is 3.20. The standard InChI is InChI=1S/C14H14Cl3N5O/c1-14(2,3)11-12(23)19-13(22-20-11)21-18-6-7-8(15)4-5-9(16)10(7)17/h4-6H,1-3H3,(H2,19,21,22,23)/b18-6+. The van der Waals surface area contributed by atoms with Gasteiger partial charge in [-0.05, 0) is 12.1 Å². The van der Waals surface area contributed by atoms with E-state index in [1.165, 1.54) is 6.21 Å². The quantitative estimate of drug-likeness (QED) is 0.485. The molecule has 0 saturated heterocycles. The van der Waals surface area contributed by atoms with Gasteiger partial charge in [-0.1, -0.05) is 55.6 Å². The molecule has 122 valence electrons. The maximum absolute atomic E-state index is 12.0. The Morgan fingerprint density at radius 1 is 1.17 bits per heavy atom. The van der Waals surface area contributed by atoms with Crippen molar-refractivity contribution in [3.05, 3.63) is 48.8 Å². The summed E-state index contributed by atoms with van der Waals surface area (Å²) >= 11 is 18.0. The summed E-state index contributed by atoms with van der Waals surface area (Å²) in [6.45, 7) is 5.63. The normalized spacial score (nSPS) is 11.9. The van der Waals surface area contributed by atoms with E-state index < -0.39 is 5.41 Å². The van der Waals surface area contributed by atoms with Gasteiger partial charge in [-0.2, -0.15) is 5.10 Å². The van der Waals surface area contributed by atoms with Gasteiger partial charge in [-0.3, -0.25) is 9.78 Å². The Balaban J connectivity index is 2.21. The van der Waals surface area contributed by atoms with E-state index in [0.29, 0.717) is 21.3 Å². The number of rotatable bonds is 3. The second kappa shape index (κ2) is 6.86. The third kappa shape index (κ3) is 4.22. The lowest BCUT2D eigenvalue weighted by Gasteiger charge is -2.15. The van der Waals surface area contributed by atoms with Gasteiger partial charge in [0.1, 0.15) is 5.69 Å². The molecule has 9 heteroatoms. The summed E-state index contributed by atoms with van der Waals surface area (Å²) in [5.41, 5.74) is 2.63. The first-order chi connectivity index (χ1) is 10.7. The predicted octanol–water partition coefficient (Wildman–Crippen LogP) is 3.87. The van der Waals surface area contributed by atoms with Crippen molar-refractivity contribution in [3.63, 3.8) is 0 Å². The van der Waals surface area contributed by atoms with Crippen LogP contribution >= 0.6 is 34.8 Å². The zero-order valence-electron chi connectivity index (χ0n) is 12.6. The van der Waals surface area contributed by atoms with E-state index in [2.05, 4.69) is 25.7 Å².